The number of carbonyl (C=O) groups is 2. The number of carbonyl (C=O) groups excluding carboxylic acids is 1. The van der Waals surface area contributed by atoms with Gasteiger partial charge in [-0.2, -0.15) is 0 Å². The Bertz CT molecular complexity index is 563. The Hall–Kier alpha value is -1.88. The van der Waals surface area contributed by atoms with Crippen molar-refractivity contribution in [2.45, 2.75) is 43.6 Å². The molecule has 1 aromatic rings. The van der Waals surface area contributed by atoms with Crippen LogP contribution in [0.4, 0.5) is 5.69 Å². The molecular weight excluding hydrogens is 268 g/mol. The van der Waals surface area contributed by atoms with Crippen LogP contribution in [0.1, 0.15) is 37.7 Å². The second kappa shape index (κ2) is 5.15. The van der Waals surface area contributed by atoms with E-state index in [1.54, 1.807) is 24.3 Å². The number of nitrogens with two attached hydrogens (primary N) is 1. The molecule has 2 fully saturated rings. The molecule has 5 heteroatoms. The van der Waals surface area contributed by atoms with Gasteiger partial charge in [0, 0.05) is 17.6 Å². The zero-order valence-corrected chi connectivity index (χ0v) is 11.8. The summed E-state index contributed by atoms with van der Waals surface area (Å²) in [5.41, 5.74) is 6.66. The molecule has 0 bridgehead atoms. The molecule has 2 aliphatic rings. The van der Waals surface area contributed by atoms with Crippen LogP contribution >= 0.6 is 0 Å². The molecule has 1 amide bonds. The molecule has 0 saturated heterocycles. The van der Waals surface area contributed by atoms with Crippen molar-refractivity contribution in [2.75, 3.05) is 5.32 Å². The van der Waals surface area contributed by atoms with Crippen LogP contribution in [0.3, 0.4) is 0 Å². The highest BCUT2D eigenvalue weighted by atomic mass is 16.4. The van der Waals surface area contributed by atoms with E-state index < -0.39 is 11.4 Å². The monoisotopic (exact) mass is 288 g/mol. The molecule has 0 aliphatic heterocycles. The Labute approximate surface area is 123 Å². The minimum Gasteiger partial charge on any atom is -0.481 e. The van der Waals surface area contributed by atoms with E-state index in [9.17, 15) is 14.7 Å². The molecule has 1 aromatic carbocycles. The van der Waals surface area contributed by atoms with Crippen LogP contribution in [-0.2, 0) is 15.0 Å². The van der Waals surface area contributed by atoms with E-state index in [0.717, 1.165) is 24.8 Å². The summed E-state index contributed by atoms with van der Waals surface area (Å²) in [4.78, 5) is 23.4. The van der Waals surface area contributed by atoms with Crippen molar-refractivity contribution in [2.24, 2.45) is 11.7 Å². The Kier molecular flexibility index (Phi) is 3.45. The number of hydrogen-bond acceptors (Lipinski definition) is 3. The smallest absolute Gasteiger partial charge is 0.314 e. The summed E-state index contributed by atoms with van der Waals surface area (Å²) in [6, 6.07) is 7.30. The molecule has 4 N–H and O–H groups in total. The van der Waals surface area contributed by atoms with Gasteiger partial charge < -0.3 is 16.2 Å². The van der Waals surface area contributed by atoms with Crippen molar-refractivity contribution in [1.29, 1.82) is 0 Å². The van der Waals surface area contributed by atoms with Gasteiger partial charge >= 0.3 is 5.97 Å². The quantitative estimate of drug-likeness (QED) is 0.788. The zero-order chi connectivity index (χ0) is 15.0. The fourth-order valence-electron chi connectivity index (χ4n) is 3.12. The van der Waals surface area contributed by atoms with Crippen LogP contribution in [0.2, 0.25) is 0 Å². The predicted molar refractivity (Wildman–Crippen MR) is 78.9 cm³/mol. The lowest BCUT2D eigenvalue weighted by Gasteiger charge is -2.13. The number of hydrogen-bond donors (Lipinski definition) is 3. The van der Waals surface area contributed by atoms with E-state index in [2.05, 4.69) is 5.32 Å². The number of carboxylic acids is 1. The van der Waals surface area contributed by atoms with Gasteiger partial charge in [0.15, 0.2) is 0 Å². The Balaban J connectivity index is 1.65. The van der Waals surface area contributed by atoms with Crippen LogP contribution in [0.15, 0.2) is 24.3 Å². The molecule has 2 saturated carbocycles. The van der Waals surface area contributed by atoms with Gasteiger partial charge in [0.05, 0.1) is 5.41 Å². The highest BCUT2D eigenvalue weighted by Crippen LogP contribution is 2.48. The highest BCUT2D eigenvalue weighted by molar-refractivity contribution is 5.93. The summed E-state index contributed by atoms with van der Waals surface area (Å²) in [5.74, 6) is -0.761. The topological polar surface area (TPSA) is 92.4 Å². The third kappa shape index (κ3) is 2.65. The molecule has 3 rings (SSSR count). The summed E-state index contributed by atoms with van der Waals surface area (Å²) >= 11 is 0. The van der Waals surface area contributed by atoms with Crippen molar-refractivity contribution in [3.8, 4) is 0 Å². The summed E-state index contributed by atoms with van der Waals surface area (Å²) in [6.45, 7) is 0. The SMILES string of the molecule is NC1CCC(C(=O)Nc2ccc(C3(C(=O)O)CC3)cc2)C1. The lowest BCUT2D eigenvalue weighted by molar-refractivity contribution is -0.140. The fraction of sp³-hybridized carbons (Fsp3) is 0.500. The summed E-state index contributed by atoms with van der Waals surface area (Å²) in [5, 5.41) is 12.1. The van der Waals surface area contributed by atoms with Crippen molar-refractivity contribution in [1.82, 2.24) is 0 Å². The summed E-state index contributed by atoms with van der Waals surface area (Å²) in [7, 11) is 0. The number of aliphatic carboxylic acids is 1. The van der Waals surface area contributed by atoms with Crippen LogP contribution < -0.4 is 11.1 Å². The maximum atomic E-state index is 12.1. The van der Waals surface area contributed by atoms with Gasteiger partial charge in [-0.15, -0.1) is 0 Å². The van der Waals surface area contributed by atoms with Crippen molar-refractivity contribution in [3.05, 3.63) is 29.8 Å². The zero-order valence-electron chi connectivity index (χ0n) is 11.8. The first-order chi connectivity index (χ1) is 10.0. The summed E-state index contributed by atoms with van der Waals surface area (Å²) < 4.78 is 0. The van der Waals surface area contributed by atoms with Crippen LogP contribution in [-0.4, -0.2) is 23.0 Å². The lowest BCUT2D eigenvalue weighted by atomic mass is 9.96. The van der Waals surface area contributed by atoms with Crippen molar-refractivity contribution in [3.63, 3.8) is 0 Å². The van der Waals surface area contributed by atoms with Crippen molar-refractivity contribution >= 4 is 17.6 Å². The largest absolute Gasteiger partial charge is 0.481 e. The van der Waals surface area contributed by atoms with Gasteiger partial charge in [0.25, 0.3) is 0 Å². The second-order valence-electron chi connectivity index (χ2n) is 6.22. The van der Waals surface area contributed by atoms with Gasteiger partial charge in [0.1, 0.15) is 0 Å². The number of amides is 1. The van der Waals surface area contributed by atoms with E-state index in [1.807, 2.05) is 0 Å². The maximum absolute atomic E-state index is 12.1. The number of nitrogens with one attached hydrogen (secondary N) is 1. The standard InChI is InChI=1S/C16H20N2O3/c17-12-4-1-10(9-12)14(19)18-13-5-2-11(3-6-13)16(7-8-16)15(20)21/h2-3,5-6,10,12H,1,4,7-9,17H2,(H,18,19)(H,20,21). The number of rotatable bonds is 4. The first-order valence-corrected chi connectivity index (χ1v) is 7.42. The van der Waals surface area contributed by atoms with E-state index in [0.29, 0.717) is 18.5 Å². The highest BCUT2D eigenvalue weighted by Gasteiger charge is 2.51. The van der Waals surface area contributed by atoms with E-state index >= 15 is 0 Å². The Morgan fingerprint density at radius 2 is 1.86 bits per heavy atom. The van der Waals surface area contributed by atoms with Crippen LogP contribution in [0.25, 0.3) is 0 Å². The molecule has 0 spiro atoms. The molecule has 5 nitrogen and oxygen atoms in total. The minimum absolute atomic E-state index is 0.00605. The van der Waals surface area contributed by atoms with E-state index in [1.165, 1.54) is 0 Å². The molecule has 21 heavy (non-hydrogen) atoms. The normalized spacial score (nSPS) is 26.3. The number of anilines is 1. The third-order valence-corrected chi connectivity index (χ3v) is 4.71. The molecule has 0 aromatic heterocycles. The van der Waals surface area contributed by atoms with Crippen LogP contribution in [0.5, 0.6) is 0 Å². The molecule has 0 heterocycles. The Morgan fingerprint density at radius 1 is 1.19 bits per heavy atom. The molecule has 0 radical (unpaired) electrons. The first-order valence-electron chi connectivity index (χ1n) is 7.42. The second-order valence-corrected chi connectivity index (χ2v) is 6.22. The van der Waals surface area contributed by atoms with Crippen LogP contribution in [0, 0.1) is 5.92 Å². The van der Waals surface area contributed by atoms with Gasteiger partial charge in [-0.3, -0.25) is 9.59 Å². The lowest BCUT2D eigenvalue weighted by Crippen LogP contribution is -2.23. The average molecular weight is 288 g/mol. The first kappa shape index (κ1) is 14.1. The number of benzene rings is 1. The molecule has 2 aliphatic carbocycles. The van der Waals surface area contributed by atoms with Gasteiger partial charge in [-0.25, -0.2) is 0 Å². The summed E-state index contributed by atoms with van der Waals surface area (Å²) in [6.07, 6.45) is 3.86. The Morgan fingerprint density at radius 3 is 2.33 bits per heavy atom. The fourth-order valence-corrected chi connectivity index (χ4v) is 3.12. The molecular formula is C16H20N2O3. The average Bonchev–Trinajstić information content (AvgIpc) is 3.16. The van der Waals surface area contributed by atoms with E-state index in [4.69, 9.17) is 5.73 Å². The molecule has 2 atom stereocenters. The predicted octanol–water partition coefficient (Wildman–Crippen LogP) is 1.87. The molecule has 2 unspecified atom stereocenters. The number of carboxylic acid groups (broad SMARTS) is 1. The van der Waals surface area contributed by atoms with Crippen molar-refractivity contribution < 1.29 is 14.7 Å². The minimum atomic E-state index is -0.765. The molecule has 112 valence electrons. The third-order valence-electron chi connectivity index (χ3n) is 4.71. The van der Waals surface area contributed by atoms with Gasteiger partial charge in [-0.05, 0) is 49.8 Å². The van der Waals surface area contributed by atoms with Gasteiger partial charge in [-0.1, -0.05) is 12.1 Å². The maximum Gasteiger partial charge on any atom is 0.314 e. The van der Waals surface area contributed by atoms with Gasteiger partial charge in [0.2, 0.25) is 5.91 Å². The van der Waals surface area contributed by atoms with E-state index in [-0.39, 0.29) is 17.9 Å².